The molecule has 0 unspecified atom stereocenters. The summed E-state index contributed by atoms with van der Waals surface area (Å²) in [4.78, 5) is 23.4. The molecule has 112 valence electrons. The fourth-order valence-corrected chi connectivity index (χ4v) is 1.98. The zero-order valence-electron chi connectivity index (χ0n) is 12.1. The molecule has 0 aliphatic heterocycles. The van der Waals surface area contributed by atoms with Crippen LogP contribution in [0.15, 0.2) is 30.7 Å². The summed E-state index contributed by atoms with van der Waals surface area (Å²) < 4.78 is 8.24. The Bertz CT molecular complexity index is 616. The van der Waals surface area contributed by atoms with Gasteiger partial charge in [0.15, 0.2) is 0 Å². The summed E-state index contributed by atoms with van der Waals surface area (Å²) in [6.07, 6.45) is 5.34. The van der Waals surface area contributed by atoms with Crippen molar-refractivity contribution in [3.05, 3.63) is 36.3 Å². The molecule has 2 heterocycles. The van der Waals surface area contributed by atoms with Crippen LogP contribution in [-0.4, -0.2) is 39.4 Å². The van der Waals surface area contributed by atoms with Crippen molar-refractivity contribution in [3.8, 4) is 5.82 Å². The standard InChI is InChI=1S/C14H18N4O3/c1-3-21-12(19)6-7-15-13(20)11-10-16-17(2)14(11)18-8-4-5-9-18/h4-5,8-10H,3,6-7H2,1-2H3,(H,15,20). The molecule has 0 aliphatic rings. The van der Waals surface area contributed by atoms with Gasteiger partial charge in [0.2, 0.25) is 0 Å². The van der Waals surface area contributed by atoms with E-state index < -0.39 is 0 Å². The van der Waals surface area contributed by atoms with Crippen molar-refractivity contribution in [2.45, 2.75) is 13.3 Å². The Balaban J connectivity index is 2.02. The van der Waals surface area contributed by atoms with Crippen molar-refractivity contribution in [3.63, 3.8) is 0 Å². The Morgan fingerprint density at radius 3 is 2.71 bits per heavy atom. The minimum Gasteiger partial charge on any atom is -0.466 e. The summed E-state index contributed by atoms with van der Waals surface area (Å²) in [5.41, 5.74) is 0.456. The van der Waals surface area contributed by atoms with Gasteiger partial charge in [-0.2, -0.15) is 5.10 Å². The van der Waals surface area contributed by atoms with Crippen LogP contribution in [0.1, 0.15) is 23.7 Å². The van der Waals surface area contributed by atoms with Gasteiger partial charge < -0.3 is 14.6 Å². The first kappa shape index (κ1) is 14.8. The summed E-state index contributed by atoms with van der Waals surface area (Å²) in [6.45, 7) is 2.32. The van der Waals surface area contributed by atoms with E-state index in [1.54, 1.807) is 18.7 Å². The molecule has 1 amide bonds. The highest BCUT2D eigenvalue weighted by molar-refractivity contribution is 5.97. The molecule has 7 nitrogen and oxygen atoms in total. The molecule has 1 N–H and O–H groups in total. The van der Waals surface area contributed by atoms with Crippen LogP contribution in [0.2, 0.25) is 0 Å². The van der Waals surface area contributed by atoms with Crippen molar-refractivity contribution in [1.29, 1.82) is 0 Å². The molecule has 0 bridgehead atoms. The minimum absolute atomic E-state index is 0.151. The van der Waals surface area contributed by atoms with Crippen LogP contribution < -0.4 is 5.32 Å². The lowest BCUT2D eigenvalue weighted by Crippen LogP contribution is -2.27. The zero-order valence-corrected chi connectivity index (χ0v) is 12.1. The van der Waals surface area contributed by atoms with E-state index in [4.69, 9.17) is 4.74 Å². The SMILES string of the molecule is CCOC(=O)CCNC(=O)c1cnn(C)c1-n1cccc1. The van der Waals surface area contributed by atoms with E-state index in [-0.39, 0.29) is 24.8 Å². The van der Waals surface area contributed by atoms with Crippen molar-refractivity contribution in [1.82, 2.24) is 19.7 Å². The van der Waals surface area contributed by atoms with Gasteiger partial charge in [-0.25, -0.2) is 0 Å². The van der Waals surface area contributed by atoms with Crippen molar-refractivity contribution < 1.29 is 14.3 Å². The number of amides is 1. The molecular formula is C14H18N4O3. The molecule has 0 atom stereocenters. The van der Waals surface area contributed by atoms with Crippen LogP contribution in [0, 0.1) is 0 Å². The summed E-state index contributed by atoms with van der Waals surface area (Å²) in [6, 6.07) is 3.74. The maximum Gasteiger partial charge on any atom is 0.307 e. The number of aryl methyl sites for hydroxylation is 1. The molecule has 7 heteroatoms. The van der Waals surface area contributed by atoms with Gasteiger partial charge in [-0.1, -0.05) is 0 Å². The second-order valence-electron chi connectivity index (χ2n) is 4.41. The molecule has 0 saturated heterocycles. The predicted molar refractivity (Wildman–Crippen MR) is 76.1 cm³/mol. The number of nitrogens with zero attached hydrogens (tertiary/aromatic N) is 3. The number of hydrogen-bond acceptors (Lipinski definition) is 4. The normalized spacial score (nSPS) is 10.4. The largest absolute Gasteiger partial charge is 0.466 e. The van der Waals surface area contributed by atoms with E-state index in [0.29, 0.717) is 18.0 Å². The topological polar surface area (TPSA) is 78.2 Å². The fraction of sp³-hybridized carbons (Fsp3) is 0.357. The summed E-state index contributed by atoms with van der Waals surface area (Å²) in [7, 11) is 1.77. The molecule has 21 heavy (non-hydrogen) atoms. The highest BCUT2D eigenvalue weighted by Gasteiger charge is 2.17. The lowest BCUT2D eigenvalue weighted by atomic mass is 10.3. The Hall–Kier alpha value is -2.57. The second kappa shape index (κ2) is 6.74. The van der Waals surface area contributed by atoms with E-state index in [1.165, 1.54) is 6.20 Å². The number of aromatic nitrogens is 3. The van der Waals surface area contributed by atoms with Gasteiger partial charge in [0.05, 0.1) is 19.2 Å². The highest BCUT2D eigenvalue weighted by atomic mass is 16.5. The van der Waals surface area contributed by atoms with Crippen LogP contribution in [0.25, 0.3) is 5.82 Å². The lowest BCUT2D eigenvalue weighted by molar-refractivity contribution is -0.142. The van der Waals surface area contributed by atoms with Crippen LogP contribution in [0.5, 0.6) is 0 Å². The first-order valence-electron chi connectivity index (χ1n) is 6.72. The molecule has 0 radical (unpaired) electrons. The Morgan fingerprint density at radius 1 is 1.33 bits per heavy atom. The van der Waals surface area contributed by atoms with Gasteiger partial charge in [-0.3, -0.25) is 14.3 Å². The Morgan fingerprint density at radius 2 is 2.05 bits per heavy atom. The fourth-order valence-electron chi connectivity index (χ4n) is 1.98. The molecule has 2 rings (SSSR count). The first-order valence-corrected chi connectivity index (χ1v) is 6.72. The highest BCUT2D eigenvalue weighted by Crippen LogP contribution is 2.13. The van der Waals surface area contributed by atoms with Gasteiger partial charge in [0.25, 0.3) is 5.91 Å². The van der Waals surface area contributed by atoms with Crippen LogP contribution in [0.4, 0.5) is 0 Å². The zero-order chi connectivity index (χ0) is 15.2. The van der Waals surface area contributed by atoms with E-state index in [9.17, 15) is 9.59 Å². The lowest BCUT2D eigenvalue weighted by Gasteiger charge is -2.08. The summed E-state index contributed by atoms with van der Waals surface area (Å²) in [5, 5.41) is 6.81. The molecular weight excluding hydrogens is 272 g/mol. The molecule has 0 spiro atoms. The third kappa shape index (κ3) is 3.50. The monoisotopic (exact) mass is 290 g/mol. The number of esters is 1. The number of hydrogen-bond donors (Lipinski definition) is 1. The van der Waals surface area contributed by atoms with Gasteiger partial charge in [-0.15, -0.1) is 0 Å². The third-order valence-electron chi connectivity index (χ3n) is 2.92. The first-order chi connectivity index (χ1) is 10.1. The van der Waals surface area contributed by atoms with E-state index in [2.05, 4.69) is 10.4 Å². The Labute approximate surface area is 122 Å². The van der Waals surface area contributed by atoms with Crippen LogP contribution in [0.3, 0.4) is 0 Å². The van der Waals surface area contributed by atoms with Crippen molar-refractivity contribution >= 4 is 11.9 Å². The van der Waals surface area contributed by atoms with Crippen molar-refractivity contribution in [2.75, 3.05) is 13.2 Å². The number of carbonyl (C=O) groups excluding carboxylic acids is 2. The van der Waals surface area contributed by atoms with E-state index >= 15 is 0 Å². The van der Waals surface area contributed by atoms with E-state index in [1.807, 2.05) is 29.1 Å². The molecule has 2 aromatic heterocycles. The maximum absolute atomic E-state index is 12.2. The van der Waals surface area contributed by atoms with Gasteiger partial charge in [0, 0.05) is 26.0 Å². The molecule has 2 aromatic rings. The minimum atomic E-state index is -0.324. The molecule has 0 saturated carbocycles. The second-order valence-corrected chi connectivity index (χ2v) is 4.41. The molecule has 0 aliphatic carbocycles. The third-order valence-corrected chi connectivity index (χ3v) is 2.92. The Kier molecular flexibility index (Phi) is 4.76. The van der Waals surface area contributed by atoms with Crippen LogP contribution in [-0.2, 0) is 16.6 Å². The van der Waals surface area contributed by atoms with Gasteiger partial charge in [0.1, 0.15) is 11.4 Å². The summed E-state index contributed by atoms with van der Waals surface area (Å²) in [5.74, 6) is 0.0827. The van der Waals surface area contributed by atoms with Gasteiger partial charge in [-0.05, 0) is 19.1 Å². The predicted octanol–water partition coefficient (Wildman–Crippen LogP) is 0.894. The van der Waals surface area contributed by atoms with Crippen LogP contribution >= 0.6 is 0 Å². The number of ether oxygens (including phenoxy) is 1. The van der Waals surface area contributed by atoms with Crippen molar-refractivity contribution in [2.24, 2.45) is 7.05 Å². The quantitative estimate of drug-likeness (QED) is 0.802. The number of nitrogens with one attached hydrogen (secondary N) is 1. The average Bonchev–Trinajstić information content (AvgIpc) is 3.07. The maximum atomic E-state index is 12.2. The average molecular weight is 290 g/mol. The summed E-state index contributed by atoms with van der Waals surface area (Å²) >= 11 is 0. The molecule has 0 fully saturated rings. The van der Waals surface area contributed by atoms with Gasteiger partial charge >= 0.3 is 5.97 Å². The number of carbonyl (C=O) groups is 2. The number of rotatable bonds is 6. The smallest absolute Gasteiger partial charge is 0.307 e. The van der Waals surface area contributed by atoms with E-state index in [0.717, 1.165) is 0 Å². The molecule has 0 aromatic carbocycles.